The highest BCUT2D eigenvalue weighted by atomic mass is 16.3. The Labute approximate surface area is 99.5 Å². The lowest BCUT2D eigenvalue weighted by atomic mass is 10.2. The first-order valence-electron chi connectivity index (χ1n) is 5.61. The molecule has 0 bridgehead atoms. The second kappa shape index (κ2) is 5.79. The van der Waals surface area contributed by atoms with E-state index >= 15 is 0 Å². The van der Waals surface area contributed by atoms with E-state index in [2.05, 4.69) is 5.32 Å². The molecule has 1 aromatic rings. The van der Waals surface area contributed by atoms with Crippen molar-refractivity contribution in [2.75, 3.05) is 6.54 Å². The van der Waals surface area contributed by atoms with Gasteiger partial charge in [-0.2, -0.15) is 0 Å². The number of hydrogen-bond donors (Lipinski definition) is 2. The highest BCUT2D eigenvalue weighted by Crippen LogP contribution is 1.90. The molecule has 0 saturated heterocycles. The summed E-state index contributed by atoms with van der Waals surface area (Å²) in [5.74, 6) is 0. The zero-order valence-corrected chi connectivity index (χ0v) is 10.4. The van der Waals surface area contributed by atoms with Crippen LogP contribution in [0.15, 0.2) is 15.8 Å². The number of aliphatic hydroxyl groups excluding tert-OH is 1. The van der Waals surface area contributed by atoms with E-state index in [4.69, 9.17) is 0 Å². The monoisotopic (exact) mass is 241 g/mol. The van der Waals surface area contributed by atoms with Gasteiger partial charge in [0.1, 0.15) is 0 Å². The smallest absolute Gasteiger partial charge is 0.330 e. The van der Waals surface area contributed by atoms with Crippen LogP contribution in [0.3, 0.4) is 0 Å². The van der Waals surface area contributed by atoms with Gasteiger partial charge >= 0.3 is 5.69 Å². The molecule has 0 saturated carbocycles. The maximum absolute atomic E-state index is 11.7. The van der Waals surface area contributed by atoms with Crippen molar-refractivity contribution in [1.82, 2.24) is 14.5 Å². The van der Waals surface area contributed by atoms with Gasteiger partial charge in [0.05, 0.1) is 6.10 Å². The third-order valence-corrected chi connectivity index (χ3v) is 2.68. The number of aryl methyl sites for hydroxylation is 1. The Hall–Kier alpha value is -1.40. The number of nitrogens with one attached hydrogen (secondary N) is 1. The normalized spacial score (nSPS) is 12.7. The van der Waals surface area contributed by atoms with Crippen molar-refractivity contribution < 1.29 is 5.11 Å². The first-order chi connectivity index (χ1) is 7.97. The van der Waals surface area contributed by atoms with Gasteiger partial charge in [-0.3, -0.25) is 9.36 Å². The molecular weight excluding hydrogens is 222 g/mol. The first kappa shape index (κ1) is 13.7. The van der Waals surface area contributed by atoms with Gasteiger partial charge in [-0.05, 0) is 6.42 Å². The zero-order chi connectivity index (χ0) is 13.0. The van der Waals surface area contributed by atoms with Gasteiger partial charge in [-0.1, -0.05) is 6.92 Å². The fourth-order valence-corrected chi connectivity index (χ4v) is 1.52. The molecule has 0 amide bonds. The molecule has 0 aliphatic carbocycles. The average Bonchev–Trinajstić information content (AvgIpc) is 2.32. The van der Waals surface area contributed by atoms with Crippen molar-refractivity contribution in [3.8, 4) is 0 Å². The minimum Gasteiger partial charge on any atom is -0.392 e. The van der Waals surface area contributed by atoms with E-state index in [0.717, 1.165) is 4.57 Å². The maximum atomic E-state index is 11.7. The van der Waals surface area contributed by atoms with E-state index in [-0.39, 0.29) is 11.2 Å². The molecule has 0 radical (unpaired) electrons. The van der Waals surface area contributed by atoms with Crippen LogP contribution < -0.4 is 16.6 Å². The van der Waals surface area contributed by atoms with E-state index in [1.165, 1.54) is 17.8 Å². The maximum Gasteiger partial charge on any atom is 0.330 e. The Kier molecular flexibility index (Phi) is 4.65. The van der Waals surface area contributed by atoms with Crippen molar-refractivity contribution in [3.05, 3.63) is 32.6 Å². The molecule has 17 heavy (non-hydrogen) atoms. The van der Waals surface area contributed by atoms with Crippen molar-refractivity contribution in [2.45, 2.75) is 26.0 Å². The number of rotatable bonds is 5. The molecular formula is C11H19N3O3. The van der Waals surface area contributed by atoms with Gasteiger partial charge in [0.25, 0.3) is 5.56 Å². The number of nitrogens with zero attached hydrogens (tertiary/aromatic N) is 2. The molecule has 6 heteroatoms. The fourth-order valence-electron chi connectivity index (χ4n) is 1.52. The van der Waals surface area contributed by atoms with Crippen molar-refractivity contribution in [3.63, 3.8) is 0 Å². The van der Waals surface area contributed by atoms with E-state index in [9.17, 15) is 14.7 Å². The number of aliphatic hydroxyl groups is 1. The topological polar surface area (TPSA) is 76.3 Å². The Bertz CT molecular complexity index is 490. The predicted octanol–water partition coefficient (Wildman–Crippen LogP) is -1.06. The molecule has 2 N–H and O–H groups in total. The van der Waals surface area contributed by atoms with Crippen LogP contribution in [0.4, 0.5) is 0 Å². The van der Waals surface area contributed by atoms with Crippen LogP contribution in [-0.2, 0) is 20.6 Å². The van der Waals surface area contributed by atoms with Crippen LogP contribution in [0, 0.1) is 0 Å². The zero-order valence-electron chi connectivity index (χ0n) is 10.4. The van der Waals surface area contributed by atoms with Gasteiger partial charge in [-0.15, -0.1) is 0 Å². The molecule has 1 rings (SSSR count). The summed E-state index contributed by atoms with van der Waals surface area (Å²) >= 11 is 0. The molecule has 1 heterocycles. The molecule has 0 aromatic carbocycles. The largest absolute Gasteiger partial charge is 0.392 e. The van der Waals surface area contributed by atoms with Crippen molar-refractivity contribution in [2.24, 2.45) is 14.1 Å². The molecule has 0 aliphatic heterocycles. The van der Waals surface area contributed by atoms with Crippen LogP contribution in [-0.4, -0.2) is 26.9 Å². The molecule has 1 atom stereocenters. The molecule has 1 unspecified atom stereocenters. The van der Waals surface area contributed by atoms with E-state index in [1.54, 1.807) is 7.05 Å². The number of aromatic nitrogens is 2. The summed E-state index contributed by atoms with van der Waals surface area (Å²) in [6.07, 6.45) is 1.78. The van der Waals surface area contributed by atoms with Gasteiger partial charge in [0, 0.05) is 38.9 Å². The highest BCUT2D eigenvalue weighted by molar-refractivity contribution is 5.05. The standard InChI is InChI=1S/C11H19N3O3/c1-4-9(15)6-12-5-8-7-13(2)11(17)14(3)10(8)16/h7,9,12,15H,4-6H2,1-3H3. The van der Waals surface area contributed by atoms with Crippen molar-refractivity contribution >= 4 is 0 Å². The second-order valence-corrected chi connectivity index (χ2v) is 4.10. The molecule has 1 aromatic heterocycles. The van der Waals surface area contributed by atoms with Crippen molar-refractivity contribution in [1.29, 1.82) is 0 Å². The quantitative estimate of drug-likeness (QED) is 0.689. The van der Waals surface area contributed by atoms with Crippen LogP contribution in [0.1, 0.15) is 18.9 Å². The summed E-state index contributed by atoms with van der Waals surface area (Å²) in [6, 6.07) is 0. The molecule has 6 nitrogen and oxygen atoms in total. The minimum absolute atomic E-state index is 0.299. The van der Waals surface area contributed by atoms with Gasteiger partial charge < -0.3 is 15.0 Å². The minimum atomic E-state index is -0.411. The molecule has 0 aliphatic rings. The predicted molar refractivity (Wildman–Crippen MR) is 64.9 cm³/mol. The van der Waals surface area contributed by atoms with Gasteiger partial charge in [-0.25, -0.2) is 4.79 Å². The summed E-state index contributed by atoms with van der Waals surface area (Å²) in [7, 11) is 3.06. The van der Waals surface area contributed by atoms with Crippen LogP contribution in [0.2, 0.25) is 0 Å². The Morgan fingerprint density at radius 1 is 1.41 bits per heavy atom. The lowest BCUT2D eigenvalue weighted by Gasteiger charge is -2.10. The summed E-state index contributed by atoms with van der Waals surface area (Å²) in [4.78, 5) is 23.2. The molecule has 0 fully saturated rings. The third-order valence-electron chi connectivity index (χ3n) is 2.68. The Balaban J connectivity index is 2.80. The summed E-state index contributed by atoms with van der Waals surface area (Å²) in [5, 5.41) is 12.3. The van der Waals surface area contributed by atoms with E-state index in [0.29, 0.717) is 25.1 Å². The summed E-state index contributed by atoms with van der Waals surface area (Å²) < 4.78 is 2.45. The second-order valence-electron chi connectivity index (χ2n) is 4.10. The van der Waals surface area contributed by atoms with Crippen LogP contribution in [0.25, 0.3) is 0 Å². The van der Waals surface area contributed by atoms with E-state index in [1.807, 2.05) is 6.92 Å². The van der Waals surface area contributed by atoms with Gasteiger partial charge in [0.2, 0.25) is 0 Å². The van der Waals surface area contributed by atoms with Crippen LogP contribution in [0.5, 0.6) is 0 Å². The Morgan fingerprint density at radius 2 is 2.06 bits per heavy atom. The third kappa shape index (κ3) is 3.28. The van der Waals surface area contributed by atoms with Crippen LogP contribution >= 0.6 is 0 Å². The van der Waals surface area contributed by atoms with Gasteiger partial charge in [0.15, 0.2) is 0 Å². The SMILES string of the molecule is CCC(O)CNCc1cn(C)c(=O)n(C)c1=O. The summed E-state index contributed by atoms with van der Waals surface area (Å²) in [5.41, 5.74) is -0.128. The fraction of sp³-hybridized carbons (Fsp3) is 0.636. The molecule has 0 spiro atoms. The number of hydrogen-bond acceptors (Lipinski definition) is 4. The summed E-state index contributed by atoms with van der Waals surface area (Å²) in [6.45, 7) is 2.66. The average molecular weight is 241 g/mol. The lowest BCUT2D eigenvalue weighted by Crippen LogP contribution is -2.40. The highest BCUT2D eigenvalue weighted by Gasteiger charge is 2.07. The lowest BCUT2D eigenvalue weighted by molar-refractivity contribution is 0.167. The molecule has 96 valence electrons. The first-order valence-corrected chi connectivity index (χ1v) is 5.61. The van der Waals surface area contributed by atoms with E-state index < -0.39 is 6.10 Å². The Morgan fingerprint density at radius 3 is 2.65 bits per heavy atom.